The summed E-state index contributed by atoms with van der Waals surface area (Å²) in [4.78, 5) is 0.425. The molecule has 0 aromatic heterocycles. The molecule has 5 heteroatoms. The summed E-state index contributed by atoms with van der Waals surface area (Å²) in [7, 11) is -1.39. The number of nitrogens with one attached hydrogen (secondary N) is 1. The van der Waals surface area contributed by atoms with Gasteiger partial charge in [0, 0.05) is 12.6 Å². The third kappa shape index (κ3) is 4.05. The van der Waals surface area contributed by atoms with Crippen LogP contribution in [0.4, 0.5) is 0 Å². The normalized spacial score (nSPS) is 20.6. The van der Waals surface area contributed by atoms with E-state index in [9.17, 15) is 8.42 Å². The van der Waals surface area contributed by atoms with Gasteiger partial charge in [0.05, 0.1) is 4.90 Å². The maximum Gasteiger partial charge on any atom is 0.243 e. The lowest BCUT2D eigenvalue weighted by Crippen LogP contribution is -2.41. The highest BCUT2D eigenvalue weighted by molar-refractivity contribution is 7.89. The molecule has 21 heavy (non-hydrogen) atoms. The molecule has 0 saturated carbocycles. The Balaban J connectivity index is 2.09. The second-order valence-corrected chi connectivity index (χ2v) is 7.70. The van der Waals surface area contributed by atoms with E-state index < -0.39 is 10.0 Å². The van der Waals surface area contributed by atoms with E-state index in [2.05, 4.69) is 5.32 Å². The lowest BCUT2D eigenvalue weighted by molar-refractivity contribution is 0.268. The molecule has 1 unspecified atom stereocenters. The van der Waals surface area contributed by atoms with Crippen LogP contribution in [0.1, 0.15) is 38.2 Å². The highest BCUT2D eigenvalue weighted by Crippen LogP contribution is 2.25. The van der Waals surface area contributed by atoms with Gasteiger partial charge in [0.15, 0.2) is 0 Å². The van der Waals surface area contributed by atoms with Crippen LogP contribution < -0.4 is 5.32 Å². The number of hydrogen-bond donors (Lipinski definition) is 1. The van der Waals surface area contributed by atoms with E-state index in [0.29, 0.717) is 11.4 Å². The summed E-state index contributed by atoms with van der Waals surface area (Å²) in [5.74, 6) is 0. The van der Waals surface area contributed by atoms with Gasteiger partial charge in [0.2, 0.25) is 10.0 Å². The average molecular weight is 310 g/mol. The van der Waals surface area contributed by atoms with E-state index in [-0.39, 0.29) is 6.04 Å². The molecule has 1 heterocycles. The molecule has 1 atom stereocenters. The molecule has 0 aliphatic carbocycles. The Labute approximate surface area is 128 Å². The van der Waals surface area contributed by atoms with Gasteiger partial charge in [-0.15, -0.1) is 0 Å². The van der Waals surface area contributed by atoms with Crippen LogP contribution in [0.25, 0.3) is 0 Å². The van der Waals surface area contributed by atoms with Crippen LogP contribution in [0, 0.1) is 0 Å². The molecule has 1 aliphatic heterocycles. The van der Waals surface area contributed by atoms with E-state index in [0.717, 1.165) is 38.6 Å². The monoisotopic (exact) mass is 310 g/mol. The van der Waals surface area contributed by atoms with Crippen LogP contribution in [0.5, 0.6) is 0 Å². The van der Waals surface area contributed by atoms with Crippen LogP contribution in [0.3, 0.4) is 0 Å². The zero-order chi connectivity index (χ0) is 15.3. The molecule has 1 aromatic carbocycles. The molecule has 0 bridgehead atoms. The number of hydrogen-bond acceptors (Lipinski definition) is 3. The number of piperidine rings is 1. The molecule has 1 N–H and O–H groups in total. The molecule has 4 nitrogen and oxygen atoms in total. The van der Waals surface area contributed by atoms with Crippen LogP contribution in [0.15, 0.2) is 29.2 Å². The van der Waals surface area contributed by atoms with E-state index in [1.165, 1.54) is 5.56 Å². The molecule has 0 radical (unpaired) electrons. The zero-order valence-corrected chi connectivity index (χ0v) is 13.8. The maximum atomic E-state index is 12.7. The lowest BCUT2D eigenvalue weighted by atomic mass is 10.1. The Morgan fingerprint density at radius 3 is 2.57 bits per heavy atom. The van der Waals surface area contributed by atoms with Crippen molar-refractivity contribution in [1.82, 2.24) is 9.62 Å². The van der Waals surface area contributed by atoms with Crippen molar-refractivity contribution in [3.05, 3.63) is 29.8 Å². The third-order valence-electron chi connectivity index (χ3n) is 4.16. The first kappa shape index (κ1) is 16.5. The first-order chi connectivity index (χ1) is 10.1. The fourth-order valence-electron chi connectivity index (χ4n) is 2.86. The standard InChI is InChI=1S/C16H26N2O2S/c1-14-6-3-4-13-18(14)21(19,20)16-10-8-15(9-11-16)7-5-12-17-2/h8-11,14,17H,3-7,12-13H2,1-2H3. The lowest BCUT2D eigenvalue weighted by Gasteiger charge is -2.32. The molecule has 1 fully saturated rings. The molecule has 0 amide bonds. The van der Waals surface area contributed by atoms with Gasteiger partial charge in [0.25, 0.3) is 0 Å². The molecule has 1 saturated heterocycles. The van der Waals surface area contributed by atoms with Gasteiger partial charge in [-0.05, 0) is 63.9 Å². The summed E-state index contributed by atoms with van der Waals surface area (Å²) in [5.41, 5.74) is 1.19. The first-order valence-corrected chi connectivity index (χ1v) is 9.25. The topological polar surface area (TPSA) is 49.4 Å². The Bertz CT molecular complexity index is 540. The fraction of sp³-hybridized carbons (Fsp3) is 0.625. The number of benzene rings is 1. The predicted octanol–water partition coefficient (Wildman–Crippen LogP) is 2.40. The minimum Gasteiger partial charge on any atom is -0.320 e. The smallest absolute Gasteiger partial charge is 0.243 e. The van der Waals surface area contributed by atoms with Crippen molar-refractivity contribution >= 4 is 10.0 Å². The fourth-order valence-corrected chi connectivity index (χ4v) is 4.56. The van der Waals surface area contributed by atoms with E-state index in [1.54, 1.807) is 16.4 Å². The highest BCUT2D eigenvalue weighted by atomic mass is 32.2. The van der Waals surface area contributed by atoms with Gasteiger partial charge in [-0.25, -0.2) is 8.42 Å². The minimum absolute atomic E-state index is 0.110. The number of rotatable bonds is 6. The van der Waals surface area contributed by atoms with E-state index in [4.69, 9.17) is 0 Å². The van der Waals surface area contributed by atoms with Crippen LogP contribution in [0.2, 0.25) is 0 Å². The van der Waals surface area contributed by atoms with Crippen molar-refractivity contribution in [2.75, 3.05) is 20.1 Å². The number of nitrogens with zero attached hydrogens (tertiary/aromatic N) is 1. The number of sulfonamides is 1. The van der Waals surface area contributed by atoms with Crippen molar-refractivity contribution in [3.63, 3.8) is 0 Å². The third-order valence-corrected chi connectivity index (χ3v) is 6.19. The Morgan fingerprint density at radius 2 is 1.95 bits per heavy atom. The summed E-state index contributed by atoms with van der Waals surface area (Å²) >= 11 is 0. The molecule has 1 aliphatic rings. The van der Waals surface area contributed by atoms with Crippen molar-refractivity contribution in [2.24, 2.45) is 0 Å². The van der Waals surface area contributed by atoms with Crippen LogP contribution in [-0.2, 0) is 16.4 Å². The molecular formula is C16H26N2O2S. The van der Waals surface area contributed by atoms with Crippen molar-refractivity contribution in [1.29, 1.82) is 0 Å². The molecule has 0 spiro atoms. The largest absolute Gasteiger partial charge is 0.320 e. The zero-order valence-electron chi connectivity index (χ0n) is 13.0. The summed E-state index contributed by atoms with van der Waals surface area (Å²) in [6, 6.07) is 7.50. The van der Waals surface area contributed by atoms with Crippen LogP contribution in [-0.4, -0.2) is 38.9 Å². The van der Waals surface area contributed by atoms with Crippen molar-refractivity contribution in [2.45, 2.75) is 50.0 Å². The maximum absolute atomic E-state index is 12.7. The number of aryl methyl sites for hydroxylation is 1. The van der Waals surface area contributed by atoms with Crippen molar-refractivity contribution in [3.8, 4) is 0 Å². The Morgan fingerprint density at radius 1 is 1.24 bits per heavy atom. The summed E-state index contributed by atoms with van der Waals surface area (Å²) in [5, 5.41) is 3.12. The summed E-state index contributed by atoms with van der Waals surface area (Å²) < 4.78 is 27.0. The second kappa shape index (κ2) is 7.38. The molecule has 118 valence electrons. The average Bonchev–Trinajstić information content (AvgIpc) is 2.48. The Kier molecular flexibility index (Phi) is 5.79. The van der Waals surface area contributed by atoms with Gasteiger partial charge < -0.3 is 5.32 Å². The minimum atomic E-state index is -3.33. The Hall–Kier alpha value is -0.910. The van der Waals surface area contributed by atoms with Gasteiger partial charge in [-0.3, -0.25) is 0 Å². The first-order valence-electron chi connectivity index (χ1n) is 7.81. The van der Waals surface area contributed by atoms with Gasteiger partial charge >= 0.3 is 0 Å². The summed E-state index contributed by atoms with van der Waals surface area (Å²) in [6.07, 6.45) is 5.08. The van der Waals surface area contributed by atoms with Gasteiger partial charge in [0.1, 0.15) is 0 Å². The SMILES string of the molecule is CNCCCc1ccc(S(=O)(=O)N2CCCCC2C)cc1. The van der Waals surface area contributed by atoms with E-state index in [1.807, 2.05) is 26.1 Å². The van der Waals surface area contributed by atoms with E-state index >= 15 is 0 Å². The van der Waals surface area contributed by atoms with Gasteiger partial charge in [-0.1, -0.05) is 18.6 Å². The van der Waals surface area contributed by atoms with Gasteiger partial charge in [-0.2, -0.15) is 4.31 Å². The molecule has 2 rings (SSSR count). The second-order valence-electron chi connectivity index (χ2n) is 5.81. The molecular weight excluding hydrogens is 284 g/mol. The predicted molar refractivity (Wildman–Crippen MR) is 85.9 cm³/mol. The quantitative estimate of drug-likeness (QED) is 0.821. The highest BCUT2D eigenvalue weighted by Gasteiger charge is 2.30. The molecule has 1 aromatic rings. The van der Waals surface area contributed by atoms with Crippen LogP contribution >= 0.6 is 0 Å². The van der Waals surface area contributed by atoms with Crippen molar-refractivity contribution < 1.29 is 8.42 Å². The summed E-state index contributed by atoms with van der Waals surface area (Å²) in [6.45, 7) is 3.63.